The molecule has 2 aliphatic heterocycles. The Morgan fingerprint density at radius 3 is 2.82 bits per heavy atom. The molecule has 4 heterocycles. The van der Waals surface area contributed by atoms with Gasteiger partial charge in [0.05, 0.1) is 17.2 Å². The Morgan fingerprint density at radius 1 is 1.24 bits per heavy atom. The first-order valence-corrected chi connectivity index (χ1v) is 13.1. The minimum Gasteiger partial charge on any atom is -0.486 e. The first-order chi connectivity index (χ1) is 16.0. The number of thiophene rings is 1. The van der Waals surface area contributed by atoms with Gasteiger partial charge in [0.1, 0.15) is 18.0 Å². The van der Waals surface area contributed by atoms with Crippen LogP contribution in [0.3, 0.4) is 0 Å². The third-order valence-corrected chi connectivity index (χ3v) is 8.48. The molecule has 1 unspecified atom stereocenters. The van der Waals surface area contributed by atoms with Gasteiger partial charge < -0.3 is 14.4 Å². The van der Waals surface area contributed by atoms with Gasteiger partial charge in [0.2, 0.25) is 5.91 Å². The molecule has 7 nitrogen and oxygen atoms in total. The first-order valence-electron chi connectivity index (χ1n) is 11.3. The number of likely N-dealkylation sites (tertiary alicyclic amines) is 1. The van der Waals surface area contributed by atoms with Crippen LogP contribution in [0.5, 0.6) is 11.5 Å². The summed E-state index contributed by atoms with van der Waals surface area (Å²) in [5.74, 6) is 1.82. The van der Waals surface area contributed by atoms with Crippen LogP contribution in [-0.4, -0.2) is 45.9 Å². The highest BCUT2D eigenvalue weighted by atomic mass is 32.2. The first kappa shape index (κ1) is 22.3. The summed E-state index contributed by atoms with van der Waals surface area (Å²) in [7, 11) is 0. The summed E-state index contributed by atoms with van der Waals surface area (Å²) in [5.41, 5.74) is 2.06. The molecular formula is C24H27N3O4S2. The van der Waals surface area contributed by atoms with Crippen molar-refractivity contribution in [1.29, 1.82) is 0 Å². The van der Waals surface area contributed by atoms with Crippen molar-refractivity contribution in [1.82, 2.24) is 14.5 Å². The van der Waals surface area contributed by atoms with Crippen molar-refractivity contribution in [2.45, 2.75) is 51.4 Å². The van der Waals surface area contributed by atoms with Crippen molar-refractivity contribution in [3.63, 3.8) is 0 Å². The lowest BCUT2D eigenvalue weighted by atomic mass is 10.0. The highest BCUT2D eigenvalue weighted by Crippen LogP contribution is 2.38. The Balaban J connectivity index is 1.35. The molecule has 0 bridgehead atoms. The molecule has 0 spiro atoms. The van der Waals surface area contributed by atoms with E-state index < -0.39 is 0 Å². The van der Waals surface area contributed by atoms with Gasteiger partial charge in [-0.25, -0.2) is 4.98 Å². The van der Waals surface area contributed by atoms with Crippen molar-refractivity contribution in [2.24, 2.45) is 0 Å². The fraction of sp³-hybridized carbons (Fsp3) is 0.458. The second-order valence-electron chi connectivity index (χ2n) is 8.34. The molecule has 9 heteroatoms. The van der Waals surface area contributed by atoms with Crippen LogP contribution in [0, 0.1) is 13.8 Å². The van der Waals surface area contributed by atoms with E-state index in [0.29, 0.717) is 30.3 Å². The second-order valence-corrected chi connectivity index (χ2v) is 10.5. The zero-order valence-electron chi connectivity index (χ0n) is 19.1. The number of hydrogen-bond acceptors (Lipinski definition) is 7. The highest BCUT2D eigenvalue weighted by Gasteiger charge is 2.31. The smallest absolute Gasteiger partial charge is 0.263 e. The van der Waals surface area contributed by atoms with Gasteiger partial charge in [0.25, 0.3) is 5.56 Å². The quantitative estimate of drug-likeness (QED) is 0.396. The predicted molar refractivity (Wildman–Crippen MR) is 131 cm³/mol. The van der Waals surface area contributed by atoms with Crippen molar-refractivity contribution in [2.75, 3.05) is 25.5 Å². The summed E-state index contributed by atoms with van der Waals surface area (Å²) in [4.78, 5) is 34.9. The topological polar surface area (TPSA) is 73.7 Å². The van der Waals surface area contributed by atoms with Gasteiger partial charge in [0, 0.05) is 18.0 Å². The molecule has 2 aromatic heterocycles. The molecule has 2 aliphatic rings. The number of carbonyl (C=O) groups is 1. The molecule has 0 saturated carbocycles. The molecule has 1 atom stereocenters. The van der Waals surface area contributed by atoms with Gasteiger partial charge in [-0.3, -0.25) is 14.2 Å². The number of rotatable bonds is 5. The van der Waals surface area contributed by atoms with E-state index >= 15 is 0 Å². The van der Waals surface area contributed by atoms with Gasteiger partial charge in [-0.2, -0.15) is 0 Å². The normalized spacial score (nSPS) is 17.7. The molecular weight excluding hydrogens is 458 g/mol. The van der Waals surface area contributed by atoms with Gasteiger partial charge in [0.15, 0.2) is 16.7 Å². The largest absolute Gasteiger partial charge is 0.486 e. The van der Waals surface area contributed by atoms with E-state index in [1.54, 1.807) is 4.57 Å². The SMILES string of the molecule is CCn1c(SCC(=O)N2CCCC2c2ccc3c(c2)OCCO3)nc2sc(C)c(C)c2c1=O. The minimum atomic E-state index is -0.0189. The summed E-state index contributed by atoms with van der Waals surface area (Å²) < 4.78 is 13.0. The molecule has 33 heavy (non-hydrogen) atoms. The molecule has 0 radical (unpaired) electrons. The number of ether oxygens (including phenoxy) is 2. The van der Waals surface area contributed by atoms with Gasteiger partial charge >= 0.3 is 0 Å². The van der Waals surface area contributed by atoms with Crippen molar-refractivity contribution < 1.29 is 14.3 Å². The Morgan fingerprint density at radius 2 is 2.03 bits per heavy atom. The van der Waals surface area contributed by atoms with Crippen LogP contribution in [0.4, 0.5) is 0 Å². The number of fused-ring (bicyclic) bond motifs is 2. The minimum absolute atomic E-state index is 0.0189. The van der Waals surface area contributed by atoms with Crippen LogP contribution in [0.25, 0.3) is 10.2 Å². The molecule has 0 aliphatic carbocycles. The fourth-order valence-electron chi connectivity index (χ4n) is 4.59. The van der Waals surface area contributed by atoms with E-state index in [9.17, 15) is 9.59 Å². The third-order valence-electron chi connectivity index (χ3n) is 6.42. The summed E-state index contributed by atoms with van der Waals surface area (Å²) in [5, 5.41) is 1.31. The Hall–Kier alpha value is -2.52. The maximum absolute atomic E-state index is 13.2. The van der Waals surface area contributed by atoms with Crippen LogP contribution in [0.2, 0.25) is 0 Å². The second kappa shape index (κ2) is 9.02. The van der Waals surface area contributed by atoms with Crippen LogP contribution >= 0.6 is 23.1 Å². The molecule has 3 aromatic rings. The maximum atomic E-state index is 13.2. The van der Waals surface area contributed by atoms with Crippen LogP contribution in [-0.2, 0) is 11.3 Å². The number of amides is 1. The number of aromatic nitrogens is 2. The van der Waals surface area contributed by atoms with Gasteiger partial charge in [-0.1, -0.05) is 17.8 Å². The molecule has 1 saturated heterocycles. The third kappa shape index (κ3) is 4.01. The lowest BCUT2D eigenvalue weighted by Gasteiger charge is -2.26. The van der Waals surface area contributed by atoms with E-state index in [4.69, 9.17) is 14.5 Å². The Labute approximate surface area is 200 Å². The van der Waals surface area contributed by atoms with Crippen LogP contribution in [0.1, 0.15) is 41.8 Å². The van der Waals surface area contributed by atoms with E-state index in [2.05, 4.69) is 0 Å². The molecule has 1 fully saturated rings. The van der Waals surface area contributed by atoms with Gasteiger partial charge in [-0.05, 0) is 56.9 Å². The predicted octanol–water partition coefficient (Wildman–Crippen LogP) is 4.32. The number of aryl methyl sites for hydroxylation is 2. The highest BCUT2D eigenvalue weighted by molar-refractivity contribution is 7.99. The number of carbonyl (C=O) groups excluding carboxylic acids is 1. The van der Waals surface area contributed by atoms with Gasteiger partial charge in [-0.15, -0.1) is 11.3 Å². The van der Waals surface area contributed by atoms with E-state index in [1.807, 2.05) is 43.9 Å². The lowest BCUT2D eigenvalue weighted by Crippen LogP contribution is -2.32. The maximum Gasteiger partial charge on any atom is 0.263 e. The summed E-state index contributed by atoms with van der Waals surface area (Å²) in [6.45, 7) is 8.28. The number of hydrogen-bond donors (Lipinski definition) is 0. The summed E-state index contributed by atoms with van der Waals surface area (Å²) in [6.07, 6.45) is 1.89. The lowest BCUT2D eigenvalue weighted by molar-refractivity contribution is -0.129. The Bertz CT molecular complexity index is 1280. The Kier molecular flexibility index (Phi) is 6.09. The monoisotopic (exact) mass is 485 g/mol. The van der Waals surface area contributed by atoms with Crippen molar-refractivity contribution in [3.8, 4) is 11.5 Å². The number of thioether (sulfide) groups is 1. The van der Waals surface area contributed by atoms with Crippen LogP contribution < -0.4 is 15.0 Å². The number of benzene rings is 1. The van der Waals surface area contributed by atoms with E-state index in [0.717, 1.165) is 51.7 Å². The molecule has 0 N–H and O–H groups in total. The molecule has 1 aromatic carbocycles. The summed E-state index contributed by atoms with van der Waals surface area (Å²) in [6, 6.07) is 6.00. The summed E-state index contributed by atoms with van der Waals surface area (Å²) >= 11 is 2.89. The van der Waals surface area contributed by atoms with E-state index in [-0.39, 0.29) is 23.3 Å². The van der Waals surface area contributed by atoms with Crippen LogP contribution in [0.15, 0.2) is 28.2 Å². The molecule has 1 amide bonds. The average molecular weight is 486 g/mol. The van der Waals surface area contributed by atoms with Crippen molar-refractivity contribution in [3.05, 3.63) is 44.6 Å². The fourth-order valence-corrected chi connectivity index (χ4v) is 6.61. The number of nitrogens with zero attached hydrogens (tertiary/aromatic N) is 3. The molecule has 174 valence electrons. The zero-order valence-corrected chi connectivity index (χ0v) is 20.7. The molecule has 5 rings (SSSR count). The average Bonchev–Trinajstić information content (AvgIpc) is 3.42. The van der Waals surface area contributed by atoms with E-state index in [1.165, 1.54) is 23.1 Å². The zero-order chi connectivity index (χ0) is 23.1. The standard InChI is InChI=1S/C24H27N3O4S2/c1-4-26-23(29)21-14(2)15(3)33-22(21)25-24(26)32-13-20(28)27-9-5-6-17(27)16-7-8-18-19(12-16)31-11-10-30-18/h7-8,12,17H,4-6,9-11,13H2,1-3H3. The van der Waals surface area contributed by atoms with Crippen molar-refractivity contribution >= 4 is 39.2 Å².